The first kappa shape index (κ1) is 19.0. The lowest BCUT2D eigenvalue weighted by Crippen LogP contribution is -2.33. The van der Waals surface area contributed by atoms with Crippen molar-refractivity contribution in [3.05, 3.63) is 48.0 Å². The maximum atomic E-state index is 12.6. The van der Waals surface area contributed by atoms with Gasteiger partial charge in [-0.1, -0.05) is 12.1 Å². The zero-order valence-electron chi connectivity index (χ0n) is 16.0. The topological polar surface area (TPSA) is 60.0 Å². The fraction of sp³-hybridized carbons (Fsp3) is 0.381. The summed E-state index contributed by atoms with van der Waals surface area (Å²) in [5.74, 6) is 2.23. The van der Waals surface area contributed by atoms with Gasteiger partial charge >= 0.3 is 0 Å². The molecule has 1 heterocycles. The maximum absolute atomic E-state index is 12.6. The van der Waals surface area contributed by atoms with Crippen LogP contribution in [-0.4, -0.2) is 45.2 Å². The Balaban J connectivity index is 1.70. The second-order valence-corrected chi connectivity index (χ2v) is 6.52. The molecule has 2 aromatic carbocycles. The quantitative estimate of drug-likeness (QED) is 0.808. The number of benzene rings is 2. The summed E-state index contributed by atoms with van der Waals surface area (Å²) in [4.78, 5) is 14.7. The SMILES string of the molecule is COc1cccc(NC(=O)CN2CCC[C@@H]2c2ccc(OC)cc2OC)c1. The third-order valence-corrected chi connectivity index (χ3v) is 4.86. The van der Waals surface area contributed by atoms with Crippen molar-refractivity contribution in [2.24, 2.45) is 0 Å². The van der Waals surface area contributed by atoms with Crippen molar-refractivity contribution in [2.45, 2.75) is 18.9 Å². The van der Waals surface area contributed by atoms with Crippen LogP contribution in [-0.2, 0) is 4.79 Å². The third-order valence-electron chi connectivity index (χ3n) is 4.86. The van der Waals surface area contributed by atoms with Crippen molar-refractivity contribution in [3.8, 4) is 17.2 Å². The van der Waals surface area contributed by atoms with E-state index in [4.69, 9.17) is 14.2 Å². The minimum Gasteiger partial charge on any atom is -0.497 e. The normalized spacial score (nSPS) is 16.8. The van der Waals surface area contributed by atoms with Crippen molar-refractivity contribution in [2.75, 3.05) is 39.7 Å². The molecular formula is C21H26N2O4. The lowest BCUT2D eigenvalue weighted by molar-refractivity contribution is -0.117. The molecule has 0 aromatic heterocycles. The number of carbonyl (C=O) groups is 1. The van der Waals surface area contributed by atoms with Crippen LogP contribution >= 0.6 is 0 Å². The van der Waals surface area contributed by atoms with Crippen LogP contribution in [0.4, 0.5) is 5.69 Å². The summed E-state index contributed by atoms with van der Waals surface area (Å²) in [6.07, 6.45) is 2.04. The summed E-state index contributed by atoms with van der Waals surface area (Å²) in [7, 11) is 4.91. The Morgan fingerprint density at radius 1 is 1.07 bits per heavy atom. The average molecular weight is 370 g/mol. The van der Waals surface area contributed by atoms with Gasteiger partial charge in [-0.05, 0) is 37.6 Å². The Hall–Kier alpha value is -2.73. The molecule has 0 aliphatic carbocycles. The van der Waals surface area contributed by atoms with Gasteiger partial charge in [-0.15, -0.1) is 0 Å². The molecule has 3 rings (SSSR count). The predicted molar refractivity (Wildman–Crippen MR) is 105 cm³/mol. The molecular weight excluding hydrogens is 344 g/mol. The summed E-state index contributed by atoms with van der Waals surface area (Å²) in [6.45, 7) is 1.21. The molecule has 144 valence electrons. The number of anilines is 1. The van der Waals surface area contributed by atoms with Crippen molar-refractivity contribution >= 4 is 11.6 Å². The molecule has 1 fully saturated rings. The van der Waals surface area contributed by atoms with Crippen LogP contribution in [0.5, 0.6) is 17.2 Å². The molecule has 0 saturated carbocycles. The summed E-state index contributed by atoms with van der Waals surface area (Å²) >= 11 is 0. The molecule has 1 aliphatic heterocycles. The fourth-order valence-corrected chi connectivity index (χ4v) is 3.55. The summed E-state index contributed by atoms with van der Waals surface area (Å²) in [5.41, 5.74) is 1.82. The molecule has 1 aliphatic rings. The number of rotatable bonds is 7. The standard InChI is InChI=1S/C21H26N2O4/c1-25-16-7-4-6-15(12-16)22-21(24)14-23-11-5-8-19(23)18-10-9-17(26-2)13-20(18)27-3/h4,6-7,9-10,12-13,19H,5,8,11,14H2,1-3H3,(H,22,24)/t19-/m1/s1. The first-order valence-corrected chi connectivity index (χ1v) is 9.04. The average Bonchev–Trinajstić information content (AvgIpc) is 3.15. The van der Waals surface area contributed by atoms with Gasteiger partial charge in [0.2, 0.25) is 5.91 Å². The van der Waals surface area contributed by atoms with Crippen LogP contribution in [0.3, 0.4) is 0 Å². The molecule has 2 aromatic rings. The van der Waals surface area contributed by atoms with E-state index in [-0.39, 0.29) is 11.9 Å². The molecule has 0 unspecified atom stereocenters. The zero-order valence-corrected chi connectivity index (χ0v) is 16.0. The predicted octanol–water partition coefficient (Wildman–Crippen LogP) is 3.49. The van der Waals surface area contributed by atoms with Gasteiger partial charge < -0.3 is 19.5 Å². The second-order valence-electron chi connectivity index (χ2n) is 6.52. The van der Waals surface area contributed by atoms with Gasteiger partial charge in [-0.25, -0.2) is 0 Å². The lowest BCUT2D eigenvalue weighted by atomic mass is 10.0. The number of amides is 1. The smallest absolute Gasteiger partial charge is 0.238 e. The molecule has 1 atom stereocenters. The zero-order chi connectivity index (χ0) is 19.2. The van der Waals surface area contributed by atoms with E-state index in [1.54, 1.807) is 21.3 Å². The van der Waals surface area contributed by atoms with Crippen LogP contribution in [0.15, 0.2) is 42.5 Å². The van der Waals surface area contributed by atoms with Crippen LogP contribution in [0.25, 0.3) is 0 Å². The lowest BCUT2D eigenvalue weighted by Gasteiger charge is -2.26. The monoisotopic (exact) mass is 370 g/mol. The van der Waals surface area contributed by atoms with Crippen LogP contribution in [0.2, 0.25) is 0 Å². The number of hydrogen-bond acceptors (Lipinski definition) is 5. The van der Waals surface area contributed by atoms with Crippen molar-refractivity contribution in [1.29, 1.82) is 0 Å². The van der Waals surface area contributed by atoms with E-state index in [9.17, 15) is 4.79 Å². The Labute approximate surface area is 160 Å². The Morgan fingerprint density at radius 3 is 2.59 bits per heavy atom. The van der Waals surface area contributed by atoms with E-state index in [0.29, 0.717) is 6.54 Å². The van der Waals surface area contributed by atoms with Gasteiger partial charge in [0, 0.05) is 29.4 Å². The molecule has 0 bridgehead atoms. The highest BCUT2D eigenvalue weighted by molar-refractivity contribution is 5.92. The molecule has 0 radical (unpaired) electrons. The minimum atomic E-state index is -0.0392. The van der Waals surface area contributed by atoms with Crippen LogP contribution in [0.1, 0.15) is 24.4 Å². The first-order chi connectivity index (χ1) is 13.1. The minimum absolute atomic E-state index is 0.0392. The summed E-state index contributed by atoms with van der Waals surface area (Å²) in [5, 5.41) is 2.95. The number of nitrogens with zero attached hydrogens (tertiary/aromatic N) is 1. The maximum Gasteiger partial charge on any atom is 0.238 e. The largest absolute Gasteiger partial charge is 0.497 e. The Bertz CT molecular complexity index is 794. The van der Waals surface area contributed by atoms with E-state index in [0.717, 1.165) is 47.9 Å². The van der Waals surface area contributed by atoms with Gasteiger partial charge in [0.25, 0.3) is 0 Å². The van der Waals surface area contributed by atoms with Crippen molar-refractivity contribution < 1.29 is 19.0 Å². The highest BCUT2D eigenvalue weighted by Crippen LogP contribution is 2.38. The molecule has 0 spiro atoms. The van der Waals surface area contributed by atoms with E-state index >= 15 is 0 Å². The van der Waals surface area contributed by atoms with E-state index < -0.39 is 0 Å². The number of nitrogens with one attached hydrogen (secondary N) is 1. The molecule has 27 heavy (non-hydrogen) atoms. The second kappa shape index (κ2) is 8.77. The van der Waals surface area contributed by atoms with E-state index in [1.165, 1.54) is 0 Å². The first-order valence-electron chi connectivity index (χ1n) is 9.04. The molecule has 6 nitrogen and oxygen atoms in total. The van der Waals surface area contributed by atoms with Crippen LogP contribution < -0.4 is 19.5 Å². The van der Waals surface area contributed by atoms with Gasteiger partial charge in [0.1, 0.15) is 17.2 Å². The van der Waals surface area contributed by atoms with Crippen LogP contribution in [0, 0.1) is 0 Å². The number of ether oxygens (including phenoxy) is 3. The molecule has 6 heteroatoms. The third kappa shape index (κ3) is 4.52. The highest BCUT2D eigenvalue weighted by Gasteiger charge is 2.29. The van der Waals surface area contributed by atoms with Gasteiger partial charge in [0.15, 0.2) is 0 Å². The van der Waals surface area contributed by atoms with Crippen molar-refractivity contribution in [3.63, 3.8) is 0 Å². The number of likely N-dealkylation sites (tertiary alicyclic amines) is 1. The summed E-state index contributed by atoms with van der Waals surface area (Å²) in [6, 6.07) is 13.4. The van der Waals surface area contributed by atoms with Gasteiger partial charge in [-0.2, -0.15) is 0 Å². The fourth-order valence-electron chi connectivity index (χ4n) is 3.55. The Morgan fingerprint density at radius 2 is 1.85 bits per heavy atom. The number of hydrogen-bond donors (Lipinski definition) is 1. The Kier molecular flexibility index (Phi) is 6.19. The molecule has 1 amide bonds. The van der Waals surface area contributed by atoms with E-state index in [1.807, 2.05) is 42.5 Å². The number of carbonyl (C=O) groups excluding carboxylic acids is 1. The van der Waals surface area contributed by atoms with Gasteiger partial charge in [0.05, 0.1) is 27.9 Å². The molecule has 1 saturated heterocycles. The summed E-state index contributed by atoms with van der Waals surface area (Å²) < 4.78 is 16.0. The molecule has 1 N–H and O–H groups in total. The highest BCUT2D eigenvalue weighted by atomic mass is 16.5. The van der Waals surface area contributed by atoms with E-state index in [2.05, 4.69) is 10.2 Å². The van der Waals surface area contributed by atoms with Crippen molar-refractivity contribution in [1.82, 2.24) is 4.90 Å². The van der Waals surface area contributed by atoms with Gasteiger partial charge in [-0.3, -0.25) is 9.69 Å². The number of methoxy groups -OCH3 is 3.